The van der Waals surface area contributed by atoms with Crippen LogP contribution in [0.25, 0.3) is 22.2 Å². The van der Waals surface area contributed by atoms with Gasteiger partial charge in [-0.2, -0.15) is 16.7 Å². The first kappa shape index (κ1) is 14.1. The van der Waals surface area contributed by atoms with Gasteiger partial charge in [-0.3, -0.25) is 0 Å². The van der Waals surface area contributed by atoms with E-state index in [0.29, 0.717) is 11.7 Å². The van der Waals surface area contributed by atoms with Gasteiger partial charge in [0.2, 0.25) is 11.7 Å². The average molecular weight is 299 g/mol. The average Bonchev–Trinajstić information content (AvgIpc) is 3.02. The number of thioether (sulfide) groups is 1. The molecule has 5 heteroatoms. The van der Waals surface area contributed by atoms with E-state index in [4.69, 9.17) is 10.3 Å². The Balaban J connectivity index is 1.87. The van der Waals surface area contributed by atoms with Gasteiger partial charge in [-0.25, -0.2) is 0 Å². The fraction of sp³-hybridized carbons (Fsp3) is 0.250. The van der Waals surface area contributed by atoms with Gasteiger partial charge in [0.15, 0.2) is 0 Å². The third-order valence-electron chi connectivity index (χ3n) is 3.40. The third kappa shape index (κ3) is 3.09. The van der Waals surface area contributed by atoms with Gasteiger partial charge in [-0.05, 0) is 35.3 Å². The molecule has 1 heterocycles. The maximum atomic E-state index is 6.05. The number of rotatable bonds is 5. The van der Waals surface area contributed by atoms with Crippen molar-refractivity contribution >= 4 is 22.5 Å². The van der Waals surface area contributed by atoms with E-state index in [2.05, 4.69) is 40.7 Å². The van der Waals surface area contributed by atoms with E-state index in [0.717, 1.165) is 23.1 Å². The predicted molar refractivity (Wildman–Crippen MR) is 87.2 cm³/mol. The van der Waals surface area contributed by atoms with Crippen LogP contribution in [0.5, 0.6) is 0 Å². The number of nitrogens with two attached hydrogens (primary N) is 1. The quantitative estimate of drug-likeness (QED) is 0.779. The Bertz CT molecular complexity index is 741. The van der Waals surface area contributed by atoms with Crippen molar-refractivity contribution in [1.29, 1.82) is 0 Å². The van der Waals surface area contributed by atoms with E-state index < -0.39 is 0 Å². The summed E-state index contributed by atoms with van der Waals surface area (Å²) in [6.07, 6.45) is 2.89. The minimum absolute atomic E-state index is 0.195. The summed E-state index contributed by atoms with van der Waals surface area (Å²) in [5.41, 5.74) is 7.00. The molecule has 0 aliphatic heterocycles. The summed E-state index contributed by atoms with van der Waals surface area (Å²) in [6, 6.07) is 14.1. The fourth-order valence-corrected chi connectivity index (χ4v) is 2.69. The molecule has 0 amide bonds. The van der Waals surface area contributed by atoms with Crippen molar-refractivity contribution in [2.45, 2.75) is 12.5 Å². The van der Waals surface area contributed by atoms with Gasteiger partial charge < -0.3 is 10.3 Å². The molecule has 2 aromatic carbocycles. The number of aromatic nitrogens is 2. The van der Waals surface area contributed by atoms with Crippen molar-refractivity contribution in [3.05, 3.63) is 48.4 Å². The molecule has 21 heavy (non-hydrogen) atoms. The SMILES string of the molecule is CSCC[C@@H](N)c1nc(-c2ccc3ccccc3c2)no1. The number of nitrogens with zero attached hydrogens (tertiary/aromatic N) is 2. The first-order valence-corrected chi connectivity index (χ1v) is 8.24. The van der Waals surface area contributed by atoms with Crippen LogP contribution in [-0.4, -0.2) is 22.1 Å². The van der Waals surface area contributed by atoms with E-state index in [-0.39, 0.29) is 6.04 Å². The van der Waals surface area contributed by atoms with Crippen LogP contribution < -0.4 is 5.73 Å². The second-order valence-corrected chi connectivity index (χ2v) is 5.89. The largest absolute Gasteiger partial charge is 0.337 e. The Labute approximate surface area is 127 Å². The molecule has 0 spiro atoms. The molecule has 0 radical (unpaired) electrons. The number of benzene rings is 2. The highest BCUT2D eigenvalue weighted by molar-refractivity contribution is 7.98. The predicted octanol–water partition coefficient (Wildman–Crippen LogP) is 3.64. The molecule has 1 atom stereocenters. The van der Waals surface area contributed by atoms with E-state index in [1.54, 1.807) is 11.8 Å². The van der Waals surface area contributed by atoms with Crippen LogP contribution in [-0.2, 0) is 0 Å². The molecule has 3 aromatic rings. The van der Waals surface area contributed by atoms with E-state index >= 15 is 0 Å². The van der Waals surface area contributed by atoms with Gasteiger partial charge in [0, 0.05) is 5.56 Å². The van der Waals surface area contributed by atoms with Gasteiger partial charge in [0.25, 0.3) is 0 Å². The molecule has 0 saturated heterocycles. The maximum Gasteiger partial charge on any atom is 0.243 e. The minimum atomic E-state index is -0.195. The van der Waals surface area contributed by atoms with Crippen molar-refractivity contribution < 1.29 is 4.52 Å². The van der Waals surface area contributed by atoms with Gasteiger partial charge in [0.1, 0.15) is 0 Å². The zero-order valence-corrected chi connectivity index (χ0v) is 12.6. The maximum absolute atomic E-state index is 6.05. The zero-order chi connectivity index (χ0) is 14.7. The van der Waals surface area contributed by atoms with Crippen LogP contribution in [0.1, 0.15) is 18.4 Å². The monoisotopic (exact) mass is 299 g/mol. The molecule has 1 aromatic heterocycles. The van der Waals surface area contributed by atoms with Gasteiger partial charge in [-0.1, -0.05) is 41.6 Å². The molecule has 0 fully saturated rings. The normalized spacial score (nSPS) is 12.7. The second-order valence-electron chi connectivity index (χ2n) is 4.91. The number of fused-ring (bicyclic) bond motifs is 1. The van der Waals surface area contributed by atoms with Crippen molar-refractivity contribution in [2.24, 2.45) is 5.73 Å². The molecule has 4 nitrogen and oxygen atoms in total. The lowest BCUT2D eigenvalue weighted by Gasteiger charge is -2.03. The van der Waals surface area contributed by atoms with Crippen LogP contribution in [0, 0.1) is 0 Å². The lowest BCUT2D eigenvalue weighted by atomic mass is 10.1. The van der Waals surface area contributed by atoms with E-state index in [9.17, 15) is 0 Å². The summed E-state index contributed by atoms with van der Waals surface area (Å²) in [5, 5.41) is 6.41. The van der Waals surface area contributed by atoms with Crippen molar-refractivity contribution in [3.63, 3.8) is 0 Å². The highest BCUT2D eigenvalue weighted by atomic mass is 32.2. The summed E-state index contributed by atoms with van der Waals surface area (Å²) in [7, 11) is 0. The second kappa shape index (κ2) is 6.28. The van der Waals surface area contributed by atoms with E-state index in [1.165, 1.54) is 5.39 Å². The molecule has 108 valence electrons. The Morgan fingerprint density at radius 3 is 2.81 bits per heavy atom. The van der Waals surface area contributed by atoms with Gasteiger partial charge >= 0.3 is 0 Å². The summed E-state index contributed by atoms with van der Waals surface area (Å²) in [6.45, 7) is 0. The van der Waals surface area contributed by atoms with Gasteiger partial charge in [0.05, 0.1) is 6.04 Å². The molecule has 0 unspecified atom stereocenters. The lowest BCUT2D eigenvalue weighted by molar-refractivity contribution is 0.353. The van der Waals surface area contributed by atoms with Crippen molar-refractivity contribution in [2.75, 3.05) is 12.0 Å². The van der Waals surface area contributed by atoms with Crippen LogP contribution in [0.15, 0.2) is 47.0 Å². The standard InChI is InChI=1S/C16H17N3OS/c1-21-9-8-14(17)16-18-15(19-20-16)13-7-6-11-4-2-3-5-12(11)10-13/h2-7,10,14H,8-9,17H2,1H3/t14-/m1/s1. The smallest absolute Gasteiger partial charge is 0.243 e. The Kier molecular flexibility index (Phi) is 4.22. The Morgan fingerprint density at radius 2 is 2.00 bits per heavy atom. The third-order valence-corrected chi connectivity index (χ3v) is 4.04. The molecule has 0 saturated carbocycles. The Morgan fingerprint density at radius 1 is 1.19 bits per heavy atom. The van der Waals surface area contributed by atoms with E-state index in [1.807, 2.05) is 18.2 Å². The van der Waals surface area contributed by atoms with Crippen LogP contribution in [0.4, 0.5) is 0 Å². The van der Waals surface area contributed by atoms with Crippen LogP contribution >= 0.6 is 11.8 Å². The summed E-state index contributed by atoms with van der Waals surface area (Å²) < 4.78 is 5.29. The summed E-state index contributed by atoms with van der Waals surface area (Å²) >= 11 is 1.76. The number of hydrogen-bond donors (Lipinski definition) is 1. The highest BCUT2D eigenvalue weighted by Gasteiger charge is 2.15. The molecule has 3 rings (SSSR count). The lowest BCUT2D eigenvalue weighted by Crippen LogP contribution is -2.11. The highest BCUT2D eigenvalue weighted by Crippen LogP contribution is 2.24. The molecule has 2 N–H and O–H groups in total. The first-order chi connectivity index (χ1) is 10.3. The van der Waals surface area contributed by atoms with Crippen LogP contribution in [0.3, 0.4) is 0 Å². The molecular formula is C16H17N3OS. The molecule has 0 bridgehead atoms. The molecule has 0 aliphatic rings. The zero-order valence-electron chi connectivity index (χ0n) is 11.8. The molecule has 0 aliphatic carbocycles. The summed E-state index contributed by atoms with van der Waals surface area (Å²) in [5.74, 6) is 2.08. The first-order valence-electron chi connectivity index (χ1n) is 6.85. The van der Waals surface area contributed by atoms with Crippen molar-refractivity contribution in [1.82, 2.24) is 10.1 Å². The Hall–Kier alpha value is -1.85. The van der Waals surface area contributed by atoms with Crippen molar-refractivity contribution in [3.8, 4) is 11.4 Å². The fourth-order valence-electron chi connectivity index (χ4n) is 2.20. The minimum Gasteiger partial charge on any atom is -0.337 e. The van der Waals surface area contributed by atoms with Gasteiger partial charge in [-0.15, -0.1) is 0 Å². The molecular weight excluding hydrogens is 282 g/mol. The topological polar surface area (TPSA) is 64.9 Å². The summed E-state index contributed by atoms with van der Waals surface area (Å²) in [4.78, 5) is 4.43. The number of hydrogen-bond acceptors (Lipinski definition) is 5. The van der Waals surface area contributed by atoms with Crippen LogP contribution in [0.2, 0.25) is 0 Å².